The average molecular weight is 503 g/mol. The summed E-state index contributed by atoms with van der Waals surface area (Å²) in [6.45, 7) is 0. The van der Waals surface area contributed by atoms with Crippen LogP contribution in [-0.2, 0) is 0 Å². The van der Waals surface area contributed by atoms with E-state index < -0.39 is 0 Å². The quantitative estimate of drug-likeness (QED) is 0.237. The van der Waals surface area contributed by atoms with Crippen LogP contribution in [-0.4, -0.2) is 19.9 Å². The lowest BCUT2D eigenvalue weighted by Gasteiger charge is -2.09. The molecule has 0 fully saturated rings. The van der Waals surface area contributed by atoms with Gasteiger partial charge in [-0.25, -0.2) is 19.9 Å². The normalized spacial score (nSPS) is 11.1. The number of nitrogens with zero attached hydrogens (tertiary/aromatic N) is 4. The third kappa shape index (κ3) is 4.58. The molecule has 0 bridgehead atoms. The van der Waals surface area contributed by atoms with Crippen LogP contribution in [0.2, 0.25) is 0 Å². The van der Waals surface area contributed by atoms with Gasteiger partial charge in [0.15, 0.2) is 23.1 Å². The first-order chi connectivity index (χ1) is 19.3. The average Bonchev–Trinajstić information content (AvgIpc) is 3.46. The topological polar surface area (TPSA) is 64.7 Å². The molecule has 0 amide bonds. The Hall–Kier alpha value is -5.42. The largest absolute Gasteiger partial charge is 0.436 e. The molecule has 0 saturated carbocycles. The van der Waals surface area contributed by atoms with Gasteiger partial charge >= 0.3 is 0 Å². The first-order valence-electron chi connectivity index (χ1n) is 12.7. The van der Waals surface area contributed by atoms with E-state index in [2.05, 4.69) is 23.2 Å². The van der Waals surface area contributed by atoms with Crippen molar-refractivity contribution in [2.75, 3.05) is 0 Å². The first kappa shape index (κ1) is 22.8. The molecule has 0 radical (unpaired) electrons. The number of benzene rings is 5. The Bertz CT molecular complexity index is 1840. The van der Waals surface area contributed by atoms with Crippen molar-refractivity contribution >= 4 is 11.1 Å². The van der Waals surface area contributed by atoms with Crippen LogP contribution in [0.3, 0.4) is 0 Å². The Morgan fingerprint density at radius 2 is 0.846 bits per heavy atom. The van der Waals surface area contributed by atoms with E-state index in [0.29, 0.717) is 23.4 Å². The molecule has 39 heavy (non-hydrogen) atoms. The lowest BCUT2D eigenvalue weighted by atomic mass is 10.0. The predicted molar refractivity (Wildman–Crippen MR) is 155 cm³/mol. The SMILES string of the molecule is c1ccc(-c2nc(-c3ccccc3)nc(-c3cccc(-c4ccc5nc(-c6ccccc6)oc5c4)c3)n2)cc1. The molecule has 0 unspecified atom stereocenters. The molecule has 0 saturated heterocycles. The zero-order valence-electron chi connectivity index (χ0n) is 20.9. The number of aromatic nitrogens is 4. The molecule has 0 spiro atoms. The van der Waals surface area contributed by atoms with Crippen molar-refractivity contribution in [3.63, 3.8) is 0 Å². The molecule has 0 aliphatic rings. The third-order valence-electron chi connectivity index (χ3n) is 6.56. The van der Waals surface area contributed by atoms with Gasteiger partial charge in [0.2, 0.25) is 5.89 Å². The Morgan fingerprint density at radius 3 is 1.46 bits per heavy atom. The van der Waals surface area contributed by atoms with Crippen LogP contribution in [0.1, 0.15) is 0 Å². The summed E-state index contributed by atoms with van der Waals surface area (Å²) in [5.74, 6) is 2.52. The Labute approximate surface area is 225 Å². The monoisotopic (exact) mass is 502 g/mol. The van der Waals surface area contributed by atoms with E-state index in [1.54, 1.807) is 0 Å². The van der Waals surface area contributed by atoms with E-state index >= 15 is 0 Å². The van der Waals surface area contributed by atoms with Crippen molar-refractivity contribution in [1.82, 2.24) is 19.9 Å². The van der Waals surface area contributed by atoms with Gasteiger partial charge in [-0.15, -0.1) is 0 Å². The summed E-state index contributed by atoms with van der Waals surface area (Å²) < 4.78 is 6.12. The smallest absolute Gasteiger partial charge is 0.227 e. The molecule has 0 aliphatic heterocycles. The Balaban J connectivity index is 1.31. The number of rotatable bonds is 5. The second-order valence-corrected chi connectivity index (χ2v) is 9.19. The van der Waals surface area contributed by atoms with Crippen LogP contribution in [0.4, 0.5) is 0 Å². The van der Waals surface area contributed by atoms with Crippen molar-refractivity contribution in [2.45, 2.75) is 0 Å². The van der Waals surface area contributed by atoms with E-state index in [-0.39, 0.29) is 0 Å². The Morgan fingerprint density at radius 1 is 0.359 bits per heavy atom. The first-order valence-corrected chi connectivity index (χ1v) is 12.7. The molecule has 2 heterocycles. The molecular formula is C34H22N4O. The molecular weight excluding hydrogens is 480 g/mol. The summed E-state index contributed by atoms with van der Waals surface area (Å²) in [4.78, 5) is 19.2. The van der Waals surface area contributed by atoms with Crippen molar-refractivity contribution in [1.29, 1.82) is 0 Å². The van der Waals surface area contributed by atoms with Crippen molar-refractivity contribution in [2.24, 2.45) is 0 Å². The fourth-order valence-electron chi connectivity index (χ4n) is 4.58. The van der Waals surface area contributed by atoms with Crippen LogP contribution >= 0.6 is 0 Å². The summed E-state index contributed by atoms with van der Waals surface area (Å²) in [6.07, 6.45) is 0. The fraction of sp³-hybridized carbons (Fsp3) is 0. The molecule has 184 valence electrons. The number of fused-ring (bicyclic) bond motifs is 1. The van der Waals surface area contributed by atoms with Gasteiger partial charge in [0, 0.05) is 22.3 Å². The lowest BCUT2D eigenvalue weighted by molar-refractivity contribution is 0.620. The number of oxazole rings is 1. The third-order valence-corrected chi connectivity index (χ3v) is 6.56. The highest BCUT2D eigenvalue weighted by Crippen LogP contribution is 2.31. The molecule has 0 aliphatic carbocycles. The summed E-state index contributed by atoms with van der Waals surface area (Å²) in [5, 5.41) is 0. The van der Waals surface area contributed by atoms with Crippen LogP contribution < -0.4 is 0 Å². The molecule has 5 heteroatoms. The minimum atomic E-state index is 0.614. The van der Waals surface area contributed by atoms with Gasteiger partial charge in [-0.1, -0.05) is 103 Å². The van der Waals surface area contributed by atoms with E-state index in [9.17, 15) is 0 Å². The molecule has 0 N–H and O–H groups in total. The zero-order valence-corrected chi connectivity index (χ0v) is 20.9. The van der Waals surface area contributed by atoms with E-state index in [4.69, 9.17) is 19.4 Å². The lowest BCUT2D eigenvalue weighted by Crippen LogP contribution is -2.00. The summed E-state index contributed by atoms with van der Waals surface area (Å²) in [6, 6.07) is 44.3. The van der Waals surface area contributed by atoms with Gasteiger partial charge in [-0.3, -0.25) is 0 Å². The van der Waals surface area contributed by atoms with Crippen molar-refractivity contribution in [3.05, 3.63) is 133 Å². The van der Waals surface area contributed by atoms with Crippen LogP contribution in [0.15, 0.2) is 138 Å². The van der Waals surface area contributed by atoms with Gasteiger partial charge in [0.25, 0.3) is 0 Å². The summed E-state index contributed by atoms with van der Waals surface area (Å²) in [5.41, 5.74) is 7.39. The Kier molecular flexibility index (Phi) is 5.72. The van der Waals surface area contributed by atoms with Gasteiger partial charge in [-0.2, -0.15) is 0 Å². The minimum Gasteiger partial charge on any atom is -0.436 e. The van der Waals surface area contributed by atoms with Crippen LogP contribution in [0.5, 0.6) is 0 Å². The standard InChI is InChI=1S/C34H22N4O/c1-4-11-23(12-5-1)31-36-32(24-13-6-2-7-14-24)38-33(37-31)28-18-10-17-26(21-28)27-19-20-29-30(22-27)39-34(35-29)25-15-8-3-9-16-25/h1-22H. The van der Waals surface area contributed by atoms with E-state index in [1.165, 1.54) is 0 Å². The van der Waals surface area contributed by atoms with E-state index in [1.807, 2.05) is 115 Å². The highest BCUT2D eigenvalue weighted by Gasteiger charge is 2.14. The minimum absolute atomic E-state index is 0.614. The van der Waals surface area contributed by atoms with Crippen molar-refractivity contribution in [3.8, 4) is 56.7 Å². The summed E-state index contributed by atoms with van der Waals surface area (Å²) in [7, 11) is 0. The molecule has 5 aromatic carbocycles. The molecule has 7 rings (SSSR count). The van der Waals surface area contributed by atoms with E-state index in [0.717, 1.165) is 44.5 Å². The maximum Gasteiger partial charge on any atom is 0.227 e. The maximum atomic E-state index is 6.12. The molecule has 2 aromatic heterocycles. The summed E-state index contributed by atoms with van der Waals surface area (Å²) >= 11 is 0. The second kappa shape index (κ2) is 9.80. The van der Waals surface area contributed by atoms with Crippen molar-refractivity contribution < 1.29 is 4.42 Å². The highest BCUT2D eigenvalue weighted by molar-refractivity contribution is 5.83. The van der Waals surface area contributed by atoms with Gasteiger partial charge < -0.3 is 4.42 Å². The highest BCUT2D eigenvalue weighted by atomic mass is 16.3. The van der Waals surface area contributed by atoms with Gasteiger partial charge in [0.05, 0.1) is 0 Å². The zero-order chi connectivity index (χ0) is 26.0. The molecule has 0 atom stereocenters. The van der Waals surface area contributed by atoms with Crippen LogP contribution in [0, 0.1) is 0 Å². The fourth-order valence-corrected chi connectivity index (χ4v) is 4.58. The number of hydrogen-bond donors (Lipinski definition) is 0. The molecule has 5 nitrogen and oxygen atoms in total. The van der Waals surface area contributed by atoms with Gasteiger partial charge in [-0.05, 0) is 41.5 Å². The number of hydrogen-bond acceptors (Lipinski definition) is 5. The second-order valence-electron chi connectivity index (χ2n) is 9.19. The molecule has 7 aromatic rings. The van der Waals surface area contributed by atoms with Crippen LogP contribution in [0.25, 0.3) is 67.8 Å². The van der Waals surface area contributed by atoms with Gasteiger partial charge in [0.1, 0.15) is 5.52 Å². The maximum absolute atomic E-state index is 6.12. The predicted octanol–water partition coefficient (Wildman–Crippen LogP) is 8.35.